The van der Waals surface area contributed by atoms with Crippen molar-refractivity contribution in [1.82, 2.24) is 4.98 Å². The van der Waals surface area contributed by atoms with E-state index in [1.807, 2.05) is 32.3 Å². The van der Waals surface area contributed by atoms with Crippen molar-refractivity contribution in [3.05, 3.63) is 30.3 Å². The summed E-state index contributed by atoms with van der Waals surface area (Å²) < 4.78 is 5.44. The van der Waals surface area contributed by atoms with Crippen molar-refractivity contribution in [3.63, 3.8) is 0 Å². The van der Waals surface area contributed by atoms with Crippen LogP contribution in [0.15, 0.2) is 29.1 Å². The Kier molecular flexibility index (Phi) is 3.51. The number of rotatable bonds is 0. The minimum atomic E-state index is 0.0877. The molecule has 0 atom stereocenters. The maximum atomic E-state index is 5.44. The normalized spacial score (nSPS) is 11.0. The lowest BCUT2D eigenvalue weighted by atomic mass is 9.87. The lowest BCUT2D eigenvalue weighted by molar-refractivity contribution is 0.556. The summed E-state index contributed by atoms with van der Waals surface area (Å²) in [5.74, 6) is 0. The maximum Gasteiger partial charge on any atom is 0.140 e. The standard InChI is InChI=1S/C11H13NO.C2H6/c1-11(2,3)9-7-12-6-8-4-5-13-10(8)9;1-2/h4-7H,1-3H3;1-2H3. The zero-order valence-electron chi connectivity index (χ0n) is 10.2. The second-order valence-corrected chi connectivity index (χ2v) is 4.28. The molecule has 2 heterocycles. The molecule has 0 spiro atoms. The molecule has 0 radical (unpaired) electrons. The zero-order chi connectivity index (χ0) is 11.5. The van der Waals surface area contributed by atoms with Crippen molar-refractivity contribution in [2.75, 3.05) is 0 Å². The molecule has 82 valence electrons. The fraction of sp³-hybridized carbons (Fsp3) is 0.462. The van der Waals surface area contributed by atoms with E-state index in [1.165, 1.54) is 0 Å². The quantitative estimate of drug-likeness (QED) is 0.645. The van der Waals surface area contributed by atoms with Crippen LogP contribution in [0.5, 0.6) is 0 Å². The summed E-state index contributed by atoms with van der Waals surface area (Å²) in [6.07, 6.45) is 5.42. The third-order valence-electron chi connectivity index (χ3n) is 2.17. The number of fused-ring (bicyclic) bond motifs is 1. The molecule has 15 heavy (non-hydrogen) atoms. The van der Waals surface area contributed by atoms with Crippen molar-refractivity contribution in [2.24, 2.45) is 0 Å². The van der Waals surface area contributed by atoms with Gasteiger partial charge in [-0.1, -0.05) is 34.6 Å². The second-order valence-electron chi connectivity index (χ2n) is 4.28. The molecule has 0 aliphatic heterocycles. The highest BCUT2D eigenvalue weighted by molar-refractivity contribution is 5.79. The Morgan fingerprint density at radius 2 is 1.80 bits per heavy atom. The van der Waals surface area contributed by atoms with Gasteiger partial charge in [-0.05, 0) is 11.5 Å². The Balaban J connectivity index is 0.000000531. The molecule has 2 aromatic heterocycles. The van der Waals surface area contributed by atoms with Crippen LogP contribution in [0.1, 0.15) is 40.2 Å². The van der Waals surface area contributed by atoms with Gasteiger partial charge in [-0.2, -0.15) is 0 Å². The smallest absolute Gasteiger partial charge is 0.140 e. The second kappa shape index (κ2) is 4.47. The Morgan fingerprint density at radius 1 is 1.13 bits per heavy atom. The molecule has 0 amide bonds. The molecule has 2 heteroatoms. The Morgan fingerprint density at radius 3 is 2.40 bits per heavy atom. The van der Waals surface area contributed by atoms with Crippen LogP contribution in [0.4, 0.5) is 0 Å². The van der Waals surface area contributed by atoms with Gasteiger partial charge in [0.1, 0.15) is 5.58 Å². The maximum absolute atomic E-state index is 5.44. The van der Waals surface area contributed by atoms with E-state index in [4.69, 9.17) is 4.42 Å². The van der Waals surface area contributed by atoms with Gasteiger partial charge in [-0.15, -0.1) is 0 Å². The first-order valence-electron chi connectivity index (χ1n) is 5.41. The average molecular weight is 205 g/mol. The molecular weight excluding hydrogens is 186 g/mol. The van der Waals surface area contributed by atoms with E-state index in [0.717, 1.165) is 16.5 Å². The predicted octanol–water partition coefficient (Wildman–Crippen LogP) is 4.15. The Bertz CT molecular complexity index is 423. The summed E-state index contributed by atoms with van der Waals surface area (Å²) in [7, 11) is 0. The van der Waals surface area contributed by atoms with Gasteiger partial charge in [0.05, 0.1) is 6.26 Å². The highest BCUT2D eigenvalue weighted by Gasteiger charge is 2.18. The van der Waals surface area contributed by atoms with Crippen LogP contribution in [0.2, 0.25) is 0 Å². The number of furan rings is 1. The average Bonchev–Trinajstić information content (AvgIpc) is 2.66. The summed E-state index contributed by atoms with van der Waals surface area (Å²) in [5.41, 5.74) is 2.21. The van der Waals surface area contributed by atoms with Gasteiger partial charge < -0.3 is 4.42 Å². The largest absolute Gasteiger partial charge is 0.464 e. The minimum Gasteiger partial charge on any atom is -0.464 e. The molecule has 0 fully saturated rings. The first-order valence-corrected chi connectivity index (χ1v) is 5.41. The molecule has 2 aromatic rings. The van der Waals surface area contributed by atoms with Crippen LogP contribution >= 0.6 is 0 Å². The minimum absolute atomic E-state index is 0.0877. The molecular formula is C13H19NO. The van der Waals surface area contributed by atoms with Crippen molar-refractivity contribution >= 4 is 11.0 Å². The number of nitrogens with zero attached hydrogens (tertiary/aromatic N) is 1. The van der Waals surface area contributed by atoms with E-state index in [9.17, 15) is 0 Å². The molecule has 0 bridgehead atoms. The SMILES string of the molecule is CC.CC(C)(C)c1cncc2ccoc12. The first-order chi connectivity index (χ1) is 7.09. The topological polar surface area (TPSA) is 26.0 Å². The molecule has 0 unspecified atom stereocenters. The van der Waals surface area contributed by atoms with Gasteiger partial charge in [0.15, 0.2) is 0 Å². The van der Waals surface area contributed by atoms with Crippen molar-refractivity contribution in [3.8, 4) is 0 Å². The van der Waals surface area contributed by atoms with Gasteiger partial charge in [0.25, 0.3) is 0 Å². The molecule has 2 rings (SSSR count). The number of hydrogen-bond acceptors (Lipinski definition) is 2. The molecule has 0 aromatic carbocycles. The van der Waals surface area contributed by atoms with Gasteiger partial charge in [0.2, 0.25) is 0 Å². The van der Waals surface area contributed by atoms with Crippen LogP contribution in [0, 0.1) is 0 Å². The van der Waals surface area contributed by atoms with E-state index in [-0.39, 0.29) is 5.41 Å². The van der Waals surface area contributed by atoms with Gasteiger partial charge in [0, 0.05) is 23.3 Å². The van der Waals surface area contributed by atoms with Crippen molar-refractivity contribution in [1.29, 1.82) is 0 Å². The zero-order valence-corrected chi connectivity index (χ0v) is 10.2. The van der Waals surface area contributed by atoms with E-state index in [0.29, 0.717) is 0 Å². The lowest BCUT2D eigenvalue weighted by Crippen LogP contribution is -2.11. The Labute approximate surface area is 91.3 Å². The monoisotopic (exact) mass is 205 g/mol. The highest BCUT2D eigenvalue weighted by Crippen LogP contribution is 2.29. The predicted molar refractivity (Wildman–Crippen MR) is 64.1 cm³/mol. The van der Waals surface area contributed by atoms with Crippen LogP contribution < -0.4 is 0 Å². The van der Waals surface area contributed by atoms with E-state index < -0.39 is 0 Å². The number of hydrogen-bond donors (Lipinski definition) is 0. The van der Waals surface area contributed by atoms with Crippen LogP contribution in [-0.4, -0.2) is 4.98 Å². The van der Waals surface area contributed by atoms with Gasteiger partial charge >= 0.3 is 0 Å². The fourth-order valence-corrected chi connectivity index (χ4v) is 1.42. The first kappa shape index (κ1) is 11.8. The molecule has 0 saturated heterocycles. The molecule has 0 aliphatic carbocycles. The number of aromatic nitrogens is 1. The summed E-state index contributed by atoms with van der Waals surface area (Å²) >= 11 is 0. The fourth-order valence-electron chi connectivity index (χ4n) is 1.42. The summed E-state index contributed by atoms with van der Waals surface area (Å²) in [5, 5.41) is 1.08. The lowest BCUT2D eigenvalue weighted by Gasteiger charge is -2.18. The molecule has 0 N–H and O–H groups in total. The third kappa shape index (κ3) is 2.38. The summed E-state index contributed by atoms with van der Waals surface area (Å²) in [6, 6.07) is 1.94. The molecule has 0 aliphatic rings. The molecule has 2 nitrogen and oxygen atoms in total. The van der Waals surface area contributed by atoms with Crippen molar-refractivity contribution < 1.29 is 4.42 Å². The number of pyridine rings is 1. The Hall–Kier alpha value is -1.31. The van der Waals surface area contributed by atoms with E-state index >= 15 is 0 Å². The van der Waals surface area contributed by atoms with Crippen LogP contribution in [0.3, 0.4) is 0 Å². The van der Waals surface area contributed by atoms with Crippen LogP contribution in [-0.2, 0) is 5.41 Å². The van der Waals surface area contributed by atoms with E-state index in [1.54, 1.807) is 6.26 Å². The molecule has 0 saturated carbocycles. The van der Waals surface area contributed by atoms with Gasteiger partial charge in [-0.3, -0.25) is 4.98 Å². The third-order valence-corrected chi connectivity index (χ3v) is 2.17. The van der Waals surface area contributed by atoms with Crippen molar-refractivity contribution in [2.45, 2.75) is 40.0 Å². The van der Waals surface area contributed by atoms with Gasteiger partial charge in [-0.25, -0.2) is 0 Å². The van der Waals surface area contributed by atoms with Crippen LogP contribution in [0.25, 0.3) is 11.0 Å². The summed E-state index contributed by atoms with van der Waals surface area (Å²) in [4.78, 5) is 4.19. The summed E-state index contributed by atoms with van der Waals surface area (Å²) in [6.45, 7) is 10.5. The van der Waals surface area contributed by atoms with E-state index in [2.05, 4.69) is 25.8 Å². The highest BCUT2D eigenvalue weighted by atomic mass is 16.3.